The molecule has 0 aromatic rings. The molecule has 2 aliphatic rings. The molecule has 0 amide bonds. The quantitative estimate of drug-likeness (QED) is 0.745. The zero-order valence-electron chi connectivity index (χ0n) is 10.6. The maximum atomic E-state index is 5.37. The molecule has 2 rings (SSSR count). The highest BCUT2D eigenvalue weighted by molar-refractivity contribution is 4.84. The Morgan fingerprint density at radius 2 is 1.88 bits per heavy atom. The van der Waals surface area contributed by atoms with Crippen LogP contribution in [0, 0.1) is 0 Å². The number of nitrogens with one attached hydrogen (secondary N) is 1. The summed E-state index contributed by atoms with van der Waals surface area (Å²) < 4.78 is 5.37. The average Bonchev–Trinajstić information content (AvgIpc) is 3.11. The van der Waals surface area contributed by atoms with Crippen molar-refractivity contribution in [1.29, 1.82) is 0 Å². The first-order chi connectivity index (χ1) is 7.90. The van der Waals surface area contributed by atoms with Crippen LogP contribution >= 0.6 is 0 Å². The summed E-state index contributed by atoms with van der Waals surface area (Å²) in [7, 11) is 1.82. The fraction of sp³-hybridized carbons (Fsp3) is 1.00. The monoisotopic (exact) mass is 226 g/mol. The molecular formula is C13H26N2O. The van der Waals surface area contributed by atoms with E-state index in [0.717, 1.165) is 19.2 Å². The molecule has 1 aliphatic heterocycles. The molecule has 0 radical (unpaired) electrons. The van der Waals surface area contributed by atoms with Crippen LogP contribution in [0.5, 0.6) is 0 Å². The lowest BCUT2D eigenvalue weighted by molar-refractivity contribution is 0.0910. The van der Waals surface area contributed by atoms with Crippen molar-refractivity contribution in [2.45, 2.75) is 50.6 Å². The summed E-state index contributed by atoms with van der Waals surface area (Å²) >= 11 is 0. The third-order valence-electron chi connectivity index (χ3n) is 3.74. The van der Waals surface area contributed by atoms with Gasteiger partial charge in [-0.15, -0.1) is 0 Å². The van der Waals surface area contributed by atoms with Gasteiger partial charge in [0.2, 0.25) is 0 Å². The standard InChI is InChI=1S/C13H26N2O/c1-16-11-13(10-14-12-6-7-12)15-8-4-2-3-5-9-15/h12-14H,2-11H2,1H3. The van der Waals surface area contributed by atoms with E-state index in [0.29, 0.717) is 6.04 Å². The van der Waals surface area contributed by atoms with Crippen LogP contribution in [-0.4, -0.2) is 50.3 Å². The zero-order chi connectivity index (χ0) is 11.2. The van der Waals surface area contributed by atoms with E-state index in [1.54, 1.807) is 0 Å². The Hall–Kier alpha value is -0.120. The van der Waals surface area contributed by atoms with E-state index in [1.807, 2.05) is 7.11 Å². The number of hydrogen-bond acceptors (Lipinski definition) is 3. The van der Waals surface area contributed by atoms with E-state index in [2.05, 4.69) is 10.2 Å². The van der Waals surface area contributed by atoms with Crippen molar-refractivity contribution in [2.24, 2.45) is 0 Å². The average molecular weight is 226 g/mol. The summed E-state index contributed by atoms with van der Waals surface area (Å²) in [5.74, 6) is 0. The molecule has 0 bridgehead atoms. The Labute approximate surface area is 99.5 Å². The van der Waals surface area contributed by atoms with Gasteiger partial charge in [-0.1, -0.05) is 12.8 Å². The summed E-state index contributed by atoms with van der Waals surface area (Å²) in [4.78, 5) is 2.63. The third kappa shape index (κ3) is 4.04. The first-order valence-electron chi connectivity index (χ1n) is 6.86. The lowest BCUT2D eigenvalue weighted by Gasteiger charge is -2.30. The second kappa shape index (κ2) is 6.58. The van der Waals surface area contributed by atoms with Crippen molar-refractivity contribution in [1.82, 2.24) is 10.2 Å². The van der Waals surface area contributed by atoms with Crippen LogP contribution in [0.25, 0.3) is 0 Å². The molecule has 94 valence electrons. The van der Waals surface area contributed by atoms with Crippen LogP contribution in [0.4, 0.5) is 0 Å². The Morgan fingerprint density at radius 1 is 1.19 bits per heavy atom. The number of likely N-dealkylation sites (tertiary alicyclic amines) is 1. The van der Waals surface area contributed by atoms with E-state index in [-0.39, 0.29) is 0 Å². The minimum Gasteiger partial charge on any atom is -0.383 e. The first-order valence-corrected chi connectivity index (χ1v) is 6.86. The molecule has 0 aromatic heterocycles. The number of rotatable bonds is 6. The normalized spacial score (nSPS) is 25.3. The molecular weight excluding hydrogens is 200 g/mol. The van der Waals surface area contributed by atoms with Gasteiger partial charge in [-0.3, -0.25) is 4.90 Å². The molecule has 1 unspecified atom stereocenters. The zero-order valence-corrected chi connectivity index (χ0v) is 10.6. The van der Waals surface area contributed by atoms with Gasteiger partial charge in [0.25, 0.3) is 0 Å². The fourth-order valence-electron chi connectivity index (χ4n) is 2.54. The molecule has 0 spiro atoms. The molecule has 2 fully saturated rings. The highest BCUT2D eigenvalue weighted by Crippen LogP contribution is 2.19. The first kappa shape index (κ1) is 12.3. The van der Waals surface area contributed by atoms with E-state index in [1.165, 1.54) is 51.6 Å². The van der Waals surface area contributed by atoms with Gasteiger partial charge in [-0.05, 0) is 38.8 Å². The lowest BCUT2D eigenvalue weighted by atomic mass is 10.2. The van der Waals surface area contributed by atoms with E-state index < -0.39 is 0 Å². The molecule has 0 aromatic carbocycles. The summed E-state index contributed by atoms with van der Waals surface area (Å²) in [6.07, 6.45) is 8.30. The maximum Gasteiger partial charge on any atom is 0.0630 e. The molecule has 1 atom stereocenters. The van der Waals surface area contributed by atoms with Gasteiger partial charge in [-0.25, -0.2) is 0 Å². The largest absolute Gasteiger partial charge is 0.383 e. The van der Waals surface area contributed by atoms with Gasteiger partial charge in [0.15, 0.2) is 0 Å². The van der Waals surface area contributed by atoms with Crippen molar-refractivity contribution in [3.05, 3.63) is 0 Å². The molecule has 3 nitrogen and oxygen atoms in total. The van der Waals surface area contributed by atoms with Crippen molar-refractivity contribution < 1.29 is 4.74 Å². The van der Waals surface area contributed by atoms with Crippen molar-refractivity contribution in [2.75, 3.05) is 33.4 Å². The predicted octanol–water partition coefficient (Wildman–Crippen LogP) is 1.63. The van der Waals surface area contributed by atoms with Gasteiger partial charge in [0.1, 0.15) is 0 Å². The number of nitrogens with zero attached hydrogens (tertiary/aromatic N) is 1. The highest BCUT2D eigenvalue weighted by atomic mass is 16.5. The van der Waals surface area contributed by atoms with E-state index in [9.17, 15) is 0 Å². The molecule has 1 aliphatic carbocycles. The van der Waals surface area contributed by atoms with Crippen molar-refractivity contribution >= 4 is 0 Å². The van der Waals surface area contributed by atoms with Crippen molar-refractivity contribution in [3.63, 3.8) is 0 Å². The summed E-state index contributed by atoms with van der Waals surface area (Å²) in [6, 6.07) is 1.40. The number of ether oxygens (including phenoxy) is 1. The fourth-order valence-corrected chi connectivity index (χ4v) is 2.54. The van der Waals surface area contributed by atoms with Gasteiger partial charge >= 0.3 is 0 Å². The van der Waals surface area contributed by atoms with Crippen LogP contribution in [0.15, 0.2) is 0 Å². The summed E-state index contributed by atoms with van der Waals surface area (Å²) in [5, 5.41) is 3.64. The van der Waals surface area contributed by atoms with E-state index in [4.69, 9.17) is 4.74 Å². The second-order valence-corrected chi connectivity index (χ2v) is 5.24. The minimum absolute atomic E-state index is 0.587. The van der Waals surface area contributed by atoms with Crippen LogP contribution in [0.3, 0.4) is 0 Å². The topological polar surface area (TPSA) is 24.5 Å². The summed E-state index contributed by atoms with van der Waals surface area (Å²) in [6.45, 7) is 4.51. The van der Waals surface area contributed by atoms with Gasteiger partial charge in [-0.2, -0.15) is 0 Å². The Morgan fingerprint density at radius 3 is 2.44 bits per heavy atom. The number of methoxy groups -OCH3 is 1. The third-order valence-corrected chi connectivity index (χ3v) is 3.74. The smallest absolute Gasteiger partial charge is 0.0630 e. The molecule has 1 N–H and O–H groups in total. The number of hydrogen-bond donors (Lipinski definition) is 1. The SMILES string of the molecule is COCC(CNC1CC1)N1CCCCCC1. The van der Waals surface area contributed by atoms with Gasteiger partial charge in [0, 0.05) is 25.7 Å². The van der Waals surface area contributed by atoms with E-state index >= 15 is 0 Å². The van der Waals surface area contributed by atoms with Gasteiger partial charge < -0.3 is 10.1 Å². The molecule has 1 heterocycles. The second-order valence-electron chi connectivity index (χ2n) is 5.24. The summed E-state index contributed by atoms with van der Waals surface area (Å²) in [5.41, 5.74) is 0. The minimum atomic E-state index is 0.587. The Bertz CT molecular complexity index is 186. The van der Waals surface area contributed by atoms with Crippen LogP contribution in [-0.2, 0) is 4.74 Å². The molecule has 16 heavy (non-hydrogen) atoms. The molecule has 1 saturated carbocycles. The Balaban J connectivity index is 1.77. The van der Waals surface area contributed by atoms with Crippen molar-refractivity contribution in [3.8, 4) is 0 Å². The lowest BCUT2D eigenvalue weighted by Crippen LogP contribution is -2.46. The van der Waals surface area contributed by atoms with Gasteiger partial charge in [0.05, 0.1) is 6.61 Å². The van der Waals surface area contributed by atoms with Crippen LogP contribution in [0.1, 0.15) is 38.5 Å². The van der Waals surface area contributed by atoms with Crippen LogP contribution in [0.2, 0.25) is 0 Å². The predicted molar refractivity (Wildman–Crippen MR) is 66.7 cm³/mol. The Kier molecular flexibility index (Phi) is 5.07. The van der Waals surface area contributed by atoms with Crippen LogP contribution < -0.4 is 5.32 Å². The molecule has 3 heteroatoms. The highest BCUT2D eigenvalue weighted by Gasteiger charge is 2.24. The maximum absolute atomic E-state index is 5.37. The molecule has 1 saturated heterocycles.